The van der Waals surface area contributed by atoms with Gasteiger partial charge in [0.05, 0.1) is 13.2 Å². The highest BCUT2D eigenvalue weighted by molar-refractivity contribution is 5.01. The predicted molar refractivity (Wildman–Crippen MR) is 43.3 cm³/mol. The molecule has 4 heteroatoms. The van der Waals surface area contributed by atoms with E-state index in [4.69, 9.17) is 18.9 Å². The normalized spacial score (nSPS) is 52.2. The second kappa shape index (κ2) is 2.45. The van der Waals surface area contributed by atoms with Gasteiger partial charge in [0.25, 0.3) is 0 Å². The lowest BCUT2D eigenvalue weighted by atomic mass is 10.0. The molecule has 4 atom stereocenters. The van der Waals surface area contributed by atoms with Crippen molar-refractivity contribution < 1.29 is 18.9 Å². The first-order valence-electron chi connectivity index (χ1n) is 4.74. The zero-order valence-corrected chi connectivity index (χ0v) is 7.86. The van der Waals surface area contributed by atoms with Crippen molar-refractivity contribution in [2.24, 2.45) is 0 Å². The second-order valence-electron chi connectivity index (χ2n) is 4.30. The maximum absolute atomic E-state index is 5.76. The lowest BCUT2D eigenvalue weighted by molar-refractivity contribution is -0.316. The van der Waals surface area contributed by atoms with Gasteiger partial charge in [-0.2, -0.15) is 0 Å². The Morgan fingerprint density at radius 2 is 1.92 bits per heavy atom. The maximum Gasteiger partial charge on any atom is 0.163 e. The van der Waals surface area contributed by atoms with Gasteiger partial charge < -0.3 is 18.9 Å². The minimum Gasteiger partial charge on any atom is -0.370 e. The lowest BCUT2D eigenvalue weighted by Gasteiger charge is -2.41. The summed E-state index contributed by atoms with van der Waals surface area (Å²) in [4.78, 5) is 0. The Morgan fingerprint density at radius 3 is 2.77 bits per heavy atom. The highest BCUT2D eigenvalue weighted by atomic mass is 16.8. The Balaban J connectivity index is 1.77. The fraction of sp³-hybridized carbons (Fsp3) is 1.00. The quantitative estimate of drug-likeness (QED) is 0.510. The second-order valence-corrected chi connectivity index (χ2v) is 4.30. The van der Waals surface area contributed by atoms with Crippen LogP contribution in [0.4, 0.5) is 0 Å². The zero-order chi connectivity index (χ0) is 9.05. The molecular formula is C9H14O4. The average molecular weight is 186 g/mol. The molecule has 0 spiro atoms. The van der Waals surface area contributed by atoms with Crippen LogP contribution in [-0.4, -0.2) is 43.4 Å². The summed E-state index contributed by atoms with van der Waals surface area (Å²) in [7, 11) is 0. The van der Waals surface area contributed by atoms with Gasteiger partial charge in [0.2, 0.25) is 0 Å². The van der Waals surface area contributed by atoms with E-state index in [1.54, 1.807) is 0 Å². The van der Waals surface area contributed by atoms with E-state index in [9.17, 15) is 0 Å². The summed E-state index contributed by atoms with van der Waals surface area (Å²) < 4.78 is 22.2. The molecule has 0 aromatic heterocycles. The fourth-order valence-electron chi connectivity index (χ4n) is 2.03. The van der Waals surface area contributed by atoms with Crippen LogP contribution < -0.4 is 0 Å². The van der Waals surface area contributed by atoms with Crippen LogP contribution in [0.25, 0.3) is 0 Å². The Kier molecular flexibility index (Phi) is 1.54. The number of ether oxygens (including phenoxy) is 4. The van der Waals surface area contributed by atoms with Crippen molar-refractivity contribution in [1.29, 1.82) is 0 Å². The third kappa shape index (κ3) is 1.29. The van der Waals surface area contributed by atoms with Crippen molar-refractivity contribution in [2.45, 2.75) is 44.1 Å². The first-order chi connectivity index (χ1) is 6.16. The van der Waals surface area contributed by atoms with Crippen LogP contribution in [0.15, 0.2) is 0 Å². The number of hydrogen-bond acceptors (Lipinski definition) is 4. The molecule has 0 bridgehead atoms. The molecule has 3 aliphatic heterocycles. The molecule has 3 rings (SSSR count). The lowest BCUT2D eigenvalue weighted by Crippen LogP contribution is -2.54. The molecule has 0 aliphatic carbocycles. The van der Waals surface area contributed by atoms with Gasteiger partial charge >= 0.3 is 0 Å². The van der Waals surface area contributed by atoms with Crippen LogP contribution in [0, 0.1) is 0 Å². The molecule has 74 valence electrons. The van der Waals surface area contributed by atoms with Gasteiger partial charge in [-0.05, 0) is 13.8 Å². The van der Waals surface area contributed by atoms with Crippen molar-refractivity contribution in [2.75, 3.05) is 13.2 Å². The topological polar surface area (TPSA) is 40.2 Å². The van der Waals surface area contributed by atoms with Crippen molar-refractivity contribution >= 4 is 0 Å². The first-order valence-corrected chi connectivity index (χ1v) is 4.74. The maximum atomic E-state index is 5.76. The van der Waals surface area contributed by atoms with Gasteiger partial charge in [-0.1, -0.05) is 0 Å². The largest absolute Gasteiger partial charge is 0.370 e. The molecule has 4 nitrogen and oxygen atoms in total. The Morgan fingerprint density at radius 1 is 1.08 bits per heavy atom. The number of epoxide rings is 1. The van der Waals surface area contributed by atoms with Crippen LogP contribution in [0.5, 0.6) is 0 Å². The van der Waals surface area contributed by atoms with Crippen molar-refractivity contribution in [3.63, 3.8) is 0 Å². The van der Waals surface area contributed by atoms with Gasteiger partial charge in [0.1, 0.15) is 24.4 Å². The number of rotatable bonds is 0. The van der Waals surface area contributed by atoms with Gasteiger partial charge in [-0.25, -0.2) is 0 Å². The van der Waals surface area contributed by atoms with E-state index in [0.29, 0.717) is 13.2 Å². The van der Waals surface area contributed by atoms with Crippen LogP contribution in [-0.2, 0) is 18.9 Å². The molecule has 0 radical (unpaired) electrons. The molecule has 0 aromatic rings. The van der Waals surface area contributed by atoms with Crippen LogP contribution in [0.1, 0.15) is 13.8 Å². The smallest absolute Gasteiger partial charge is 0.163 e. The molecule has 0 amide bonds. The molecule has 3 saturated heterocycles. The summed E-state index contributed by atoms with van der Waals surface area (Å²) >= 11 is 0. The highest BCUT2D eigenvalue weighted by Crippen LogP contribution is 2.39. The van der Waals surface area contributed by atoms with E-state index in [0.717, 1.165) is 0 Å². The third-order valence-electron chi connectivity index (χ3n) is 2.80. The summed E-state index contributed by atoms with van der Waals surface area (Å²) in [5.74, 6) is -0.488. The fourth-order valence-corrected chi connectivity index (χ4v) is 2.03. The van der Waals surface area contributed by atoms with Crippen LogP contribution in [0.3, 0.4) is 0 Å². The minimum absolute atomic E-state index is 0.0665. The van der Waals surface area contributed by atoms with E-state index in [-0.39, 0.29) is 24.4 Å². The molecule has 3 aliphatic rings. The van der Waals surface area contributed by atoms with E-state index >= 15 is 0 Å². The third-order valence-corrected chi connectivity index (χ3v) is 2.80. The van der Waals surface area contributed by atoms with Gasteiger partial charge in [-0.3, -0.25) is 0 Å². The SMILES string of the molecule is CC1(C)OCC2OCC3OC3C2O1. The summed E-state index contributed by atoms with van der Waals surface area (Å²) in [6.45, 7) is 5.16. The molecule has 0 saturated carbocycles. The minimum atomic E-state index is -0.488. The Labute approximate surface area is 77.1 Å². The summed E-state index contributed by atoms with van der Waals surface area (Å²) in [6, 6.07) is 0. The summed E-state index contributed by atoms with van der Waals surface area (Å²) in [5.41, 5.74) is 0. The van der Waals surface area contributed by atoms with Crippen molar-refractivity contribution in [1.82, 2.24) is 0 Å². The van der Waals surface area contributed by atoms with Gasteiger partial charge in [0, 0.05) is 0 Å². The highest BCUT2D eigenvalue weighted by Gasteiger charge is 2.56. The standard InChI is InChI=1S/C9H14O4/c1-9(2)11-4-5-8(13-9)7-6(12-7)3-10-5/h5-8H,3-4H2,1-2H3. The number of fused-ring (bicyclic) bond motifs is 3. The molecule has 0 N–H and O–H groups in total. The summed E-state index contributed by atoms with van der Waals surface area (Å²) in [5, 5.41) is 0. The molecule has 13 heavy (non-hydrogen) atoms. The monoisotopic (exact) mass is 186 g/mol. The van der Waals surface area contributed by atoms with Gasteiger partial charge in [0.15, 0.2) is 5.79 Å². The molecular weight excluding hydrogens is 172 g/mol. The molecule has 0 aromatic carbocycles. The summed E-state index contributed by atoms with van der Waals surface area (Å²) in [6.07, 6.45) is 0.663. The Hall–Kier alpha value is -0.160. The van der Waals surface area contributed by atoms with E-state index in [1.807, 2.05) is 13.8 Å². The zero-order valence-electron chi connectivity index (χ0n) is 7.86. The Bertz CT molecular complexity index is 228. The molecule has 4 unspecified atom stereocenters. The van der Waals surface area contributed by atoms with E-state index in [2.05, 4.69) is 0 Å². The average Bonchev–Trinajstić information content (AvgIpc) is 2.81. The first kappa shape index (κ1) is 8.17. The van der Waals surface area contributed by atoms with Crippen molar-refractivity contribution in [3.05, 3.63) is 0 Å². The van der Waals surface area contributed by atoms with Crippen LogP contribution in [0.2, 0.25) is 0 Å². The molecule has 3 fully saturated rings. The van der Waals surface area contributed by atoms with Crippen LogP contribution >= 0.6 is 0 Å². The van der Waals surface area contributed by atoms with Crippen molar-refractivity contribution in [3.8, 4) is 0 Å². The molecule has 3 heterocycles. The van der Waals surface area contributed by atoms with E-state index < -0.39 is 5.79 Å². The predicted octanol–water partition coefficient (Wildman–Crippen LogP) is 0.304. The van der Waals surface area contributed by atoms with E-state index in [1.165, 1.54) is 0 Å². The van der Waals surface area contributed by atoms with Gasteiger partial charge in [-0.15, -0.1) is 0 Å². The number of hydrogen-bond donors (Lipinski definition) is 0.